The second-order valence-corrected chi connectivity index (χ2v) is 2.42. The molecule has 0 aliphatic rings. The summed E-state index contributed by atoms with van der Waals surface area (Å²) in [5, 5.41) is 4.07. The normalized spacial score (nSPS) is 10.7. The molecule has 1 aromatic heterocycles. The van der Waals surface area contributed by atoms with Crippen molar-refractivity contribution in [3.8, 4) is 0 Å². The molecule has 0 aromatic carbocycles. The molecule has 0 saturated carbocycles. The van der Waals surface area contributed by atoms with Gasteiger partial charge in [-0.2, -0.15) is 5.10 Å². The molecule has 0 aliphatic carbocycles. The molecule has 1 aromatic rings. The number of nitrogens with zero attached hydrogens (tertiary/aromatic N) is 2. The molecule has 1 radical (unpaired) electrons. The van der Waals surface area contributed by atoms with Crippen LogP contribution < -0.4 is 0 Å². The SMILES string of the molecule is [CH2]c1cnn(C(C)C)c1. The van der Waals surface area contributed by atoms with E-state index in [1.165, 1.54) is 0 Å². The highest BCUT2D eigenvalue weighted by Gasteiger charge is 1.95. The molecule has 0 aliphatic heterocycles. The van der Waals surface area contributed by atoms with Crippen LogP contribution in [0.5, 0.6) is 0 Å². The Morgan fingerprint density at radius 1 is 1.67 bits per heavy atom. The third kappa shape index (κ3) is 1.31. The third-order valence-electron chi connectivity index (χ3n) is 1.18. The monoisotopic (exact) mass is 123 g/mol. The van der Waals surface area contributed by atoms with E-state index in [-0.39, 0.29) is 0 Å². The first-order valence-electron chi connectivity index (χ1n) is 3.06. The molecule has 2 heteroatoms. The minimum atomic E-state index is 0.445. The molecular weight excluding hydrogens is 112 g/mol. The Morgan fingerprint density at radius 2 is 2.33 bits per heavy atom. The molecule has 0 atom stereocenters. The Bertz CT molecular complexity index is 189. The molecule has 9 heavy (non-hydrogen) atoms. The Labute approximate surface area is 55.5 Å². The maximum Gasteiger partial charge on any atom is 0.0521 e. The lowest BCUT2D eigenvalue weighted by Crippen LogP contribution is -1.99. The van der Waals surface area contributed by atoms with Gasteiger partial charge >= 0.3 is 0 Å². The Kier molecular flexibility index (Phi) is 1.56. The highest BCUT2D eigenvalue weighted by atomic mass is 15.3. The maximum atomic E-state index is 4.07. The zero-order valence-electron chi connectivity index (χ0n) is 5.83. The van der Waals surface area contributed by atoms with Crippen molar-refractivity contribution >= 4 is 0 Å². The van der Waals surface area contributed by atoms with Gasteiger partial charge in [0.15, 0.2) is 0 Å². The first-order valence-corrected chi connectivity index (χ1v) is 3.06. The van der Waals surface area contributed by atoms with Crippen molar-refractivity contribution in [1.82, 2.24) is 9.78 Å². The minimum absolute atomic E-state index is 0.445. The van der Waals surface area contributed by atoms with E-state index >= 15 is 0 Å². The molecule has 0 amide bonds. The summed E-state index contributed by atoms with van der Waals surface area (Å²) in [5.41, 5.74) is 0.976. The molecular formula is C7H11N2. The molecule has 0 spiro atoms. The van der Waals surface area contributed by atoms with Crippen LogP contribution in [-0.2, 0) is 0 Å². The van der Waals surface area contributed by atoms with E-state index in [0.717, 1.165) is 5.56 Å². The van der Waals surface area contributed by atoms with Gasteiger partial charge in [-0.1, -0.05) is 0 Å². The predicted molar refractivity (Wildman–Crippen MR) is 37.1 cm³/mol. The fourth-order valence-electron chi connectivity index (χ4n) is 0.660. The second kappa shape index (κ2) is 2.21. The number of hydrogen-bond acceptors (Lipinski definition) is 1. The van der Waals surface area contributed by atoms with Crippen molar-refractivity contribution in [2.45, 2.75) is 19.9 Å². The van der Waals surface area contributed by atoms with Crippen LogP contribution in [0, 0.1) is 6.92 Å². The lowest BCUT2D eigenvalue weighted by Gasteiger charge is -2.02. The standard InChI is InChI=1S/C7H11N2/c1-6(2)9-5-7(3)4-8-9/h4-6H,3H2,1-2H3. The lowest BCUT2D eigenvalue weighted by atomic mass is 10.4. The molecule has 1 heterocycles. The molecule has 2 nitrogen and oxygen atoms in total. The van der Waals surface area contributed by atoms with Crippen molar-refractivity contribution in [2.75, 3.05) is 0 Å². The fourth-order valence-corrected chi connectivity index (χ4v) is 0.660. The Morgan fingerprint density at radius 3 is 2.56 bits per heavy atom. The number of aromatic nitrogens is 2. The summed E-state index contributed by atoms with van der Waals surface area (Å²) in [6.45, 7) is 7.92. The van der Waals surface area contributed by atoms with E-state index in [0.29, 0.717) is 6.04 Å². The van der Waals surface area contributed by atoms with Gasteiger partial charge in [0.25, 0.3) is 0 Å². The van der Waals surface area contributed by atoms with E-state index in [1.54, 1.807) is 6.20 Å². The average molecular weight is 123 g/mol. The van der Waals surface area contributed by atoms with Gasteiger partial charge in [0.1, 0.15) is 0 Å². The number of rotatable bonds is 1. The summed E-state index contributed by atoms with van der Waals surface area (Å²) in [4.78, 5) is 0. The van der Waals surface area contributed by atoms with Crippen LogP contribution in [0.2, 0.25) is 0 Å². The van der Waals surface area contributed by atoms with Gasteiger partial charge in [-0.25, -0.2) is 0 Å². The quantitative estimate of drug-likeness (QED) is 0.555. The van der Waals surface area contributed by atoms with Gasteiger partial charge in [0.05, 0.1) is 6.20 Å². The molecule has 0 fully saturated rings. The van der Waals surface area contributed by atoms with Crippen molar-refractivity contribution in [3.05, 3.63) is 24.9 Å². The smallest absolute Gasteiger partial charge is 0.0521 e. The predicted octanol–water partition coefficient (Wildman–Crippen LogP) is 1.65. The van der Waals surface area contributed by atoms with Crippen molar-refractivity contribution in [2.24, 2.45) is 0 Å². The Balaban J connectivity index is 2.85. The van der Waals surface area contributed by atoms with Crippen LogP contribution in [0.1, 0.15) is 25.5 Å². The summed E-state index contributed by atoms with van der Waals surface area (Å²) >= 11 is 0. The van der Waals surface area contributed by atoms with Crippen molar-refractivity contribution in [3.63, 3.8) is 0 Å². The van der Waals surface area contributed by atoms with Crippen LogP contribution in [-0.4, -0.2) is 9.78 Å². The van der Waals surface area contributed by atoms with Gasteiger partial charge in [-0.05, 0) is 26.3 Å². The van der Waals surface area contributed by atoms with Crippen molar-refractivity contribution in [1.29, 1.82) is 0 Å². The van der Waals surface area contributed by atoms with Crippen LogP contribution in [0.3, 0.4) is 0 Å². The highest BCUT2D eigenvalue weighted by Crippen LogP contribution is 2.02. The molecule has 1 rings (SSSR count). The van der Waals surface area contributed by atoms with Gasteiger partial charge in [-0.3, -0.25) is 4.68 Å². The lowest BCUT2D eigenvalue weighted by molar-refractivity contribution is 0.532. The molecule has 0 bridgehead atoms. The van der Waals surface area contributed by atoms with Crippen LogP contribution in [0.25, 0.3) is 0 Å². The molecule has 0 saturated heterocycles. The van der Waals surface area contributed by atoms with Crippen LogP contribution in [0.4, 0.5) is 0 Å². The summed E-state index contributed by atoms with van der Waals surface area (Å²) in [6, 6.07) is 0.445. The fraction of sp³-hybridized carbons (Fsp3) is 0.429. The first-order chi connectivity index (χ1) is 4.20. The zero-order chi connectivity index (χ0) is 6.85. The van der Waals surface area contributed by atoms with Crippen molar-refractivity contribution < 1.29 is 0 Å². The molecule has 0 N–H and O–H groups in total. The summed E-state index contributed by atoms with van der Waals surface area (Å²) in [6.07, 6.45) is 3.70. The maximum absolute atomic E-state index is 4.07. The van der Waals surface area contributed by atoms with E-state index in [1.807, 2.05) is 10.9 Å². The van der Waals surface area contributed by atoms with Gasteiger partial charge in [0, 0.05) is 12.2 Å². The van der Waals surface area contributed by atoms with Gasteiger partial charge in [-0.15, -0.1) is 0 Å². The summed E-state index contributed by atoms with van der Waals surface area (Å²) in [5.74, 6) is 0. The largest absolute Gasteiger partial charge is 0.270 e. The topological polar surface area (TPSA) is 17.8 Å². The van der Waals surface area contributed by atoms with Gasteiger partial charge in [0.2, 0.25) is 0 Å². The van der Waals surface area contributed by atoms with E-state index in [4.69, 9.17) is 0 Å². The summed E-state index contributed by atoms with van der Waals surface area (Å²) in [7, 11) is 0. The molecule has 0 unspecified atom stereocenters. The highest BCUT2D eigenvalue weighted by molar-refractivity contribution is 5.07. The first kappa shape index (κ1) is 6.33. The summed E-state index contributed by atoms with van der Waals surface area (Å²) < 4.78 is 1.89. The zero-order valence-corrected chi connectivity index (χ0v) is 5.83. The average Bonchev–Trinajstić information content (AvgIpc) is 2.14. The van der Waals surface area contributed by atoms with Crippen LogP contribution >= 0.6 is 0 Å². The number of hydrogen-bond donors (Lipinski definition) is 0. The van der Waals surface area contributed by atoms with Gasteiger partial charge < -0.3 is 0 Å². The molecule has 49 valence electrons. The van der Waals surface area contributed by atoms with Crippen LogP contribution in [0.15, 0.2) is 12.4 Å². The van der Waals surface area contributed by atoms with E-state index in [9.17, 15) is 0 Å². The van der Waals surface area contributed by atoms with E-state index < -0.39 is 0 Å². The van der Waals surface area contributed by atoms with E-state index in [2.05, 4.69) is 25.9 Å². The third-order valence-corrected chi connectivity index (χ3v) is 1.18. The second-order valence-electron chi connectivity index (χ2n) is 2.42. The Hall–Kier alpha value is -0.790. The minimum Gasteiger partial charge on any atom is -0.270 e.